The molecule has 0 saturated carbocycles. The summed E-state index contributed by atoms with van der Waals surface area (Å²) in [7, 11) is 1.27. The van der Waals surface area contributed by atoms with E-state index in [1.54, 1.807) is 13.8 Å². The summed E-state index contributed by atoms with van der Waals surface area (Å²) >= 11 is 0. The molecule has 0 amide bonds. The second-order valence-corrected chi connectivity index (χ2v) is 4.32. The largest absolute Gasteiger partial charge is 0.469 e. The van der Waals surface area contributed by atoms with Crippen molar-refractivity contribution in [2.45, 2.75) is 26.1 Å². The lowest BCUT2D eigenvalue weighted by Crippen LogP contribution is -2.30. The fourth-order valence-corrected chi connectivity index (χ4v) is 1.56. The smallest absolute Gasteiger partial charge is 0.416 e. The highest BCUT2D eigenvalue weighted by Crippen LogP contribution is 2.31. The fraction of sp³-hybridized carbons (Fsp3) is 0.462. The van der Waals surface area contributed by atoms with Gasteiger partial charge in [-0.25, -0.2) is 0 Å². The Balaban J connectivity index is 2.80. The second-order valence-electron chi connectivity index (χ2n) is 4.32. The van der Waals surface area contributed by atoms with Crippen LogP contribution in [0.5, 0.6) is 0 Å². The summed E-state index contributed by atoms with van der Waals surface area (Å²) < 4.78 is 42.2. The molecular weight excluding hydrogens is 259 g/mol. The first kappa shape index (κ1) is 15.3. The van der Waals surface area contributed by atoms with Gasteiger partial charge in [0.15, 0.2) is 0 Å². The Kier molecular flexibility index (Phi) is 4.80. The van der Waals surface area contributed by atoms with Gasteiger partial charge in [-0.2, -0.15) is 13.2 Å². The first-order valence-corrected chi connectivity index (χ1v) is 5.77. The summed E-state index contributed by atoms with van der Waals surface area (Å²) in [6.07, 6.45) is -4.38. The molecule has 2 unspecified atom stereocenters. The summed E-state index contributed by atoms with van der Waals surface area (Å²) in [6.45, 7) is 3.36. The van der Waals surface area contributed by atoms with E-state index in [9.17, 15) is 18.0 Å². The number of halogens is 3. The van der Waals surface area contributed by atoms with Crippen LogP contribution in [0.4, 0.5) is 18.9 Å². The van der Waals surface area contributed by atoms with E-state index in [4.69, 9.17) is 0 Å². The minimum atomic E-state index is -4.38. The normalized spacial score (nSPS) is 14.6. The molecule has 6 heteroatoms. The SMILES string of the molecule is COC(=O)C(C)C(C)Nc1cccc(C(F)(F)F)c1. The van der Waals surface area contributed by atoms with E-state index in [1.165, 1.54) is 19.2 Å². The van der Waals surface area contributed by atoms with Crippen LogP contribution < -0.4 is 5.32 Å². The van der Waals surface area contributed by atoms with Gasteiger partial charge in [-0.05, 0) is 32.0 Å². The Bertz CT molecular complexity index is 446. The third-order valence-electron chi connectivity index (χ3n) is 2.91. The maximum absolute atomic E-state index is 12.5. The number of hydrogen-bond donors (Lipinski definition) is 1. The predicted octanol–water partition coefficient (Wildman–Crippen LogP) is 3.31. The summed E-state index contributed by atoms with van der Waals surface area (Å²) in [4.78, 5) is 11.3. The number of rotatable bonds is 4. The molecule has 1 rings (SSSR count). The van der Waals surface area contributed by atoms with E-state index >= 15 is 0 Å². The first-order chi connectivity index (χ1) is 8.75. The molecule has 0 bridgehead atoms. The fourth-order valence-electron chi connectivity index (χ4n) is 1.56. The van der Waals surface area contributed by atoms with E-state index in [-0.39, 0.29) is 6.04 Å². The Morgan fingerprint density at radius 1 is 1.32 bits per heavy atom. The molecule has 0 spiro atoms. The number of anilines is 1. The quantitative estimate of drug-likeness (QED) is 0.857. The summed E-state index contributed by atoms with van der Waals surface area (Å²) in [5.74, 6) is -0.869. The van der Waals surface area contributed by atoms with Crippen LogP contribution in [0.25, 0.3) is 0 Å². The van der Waals surface area contributed by atoms with Crippen LogP contribution in [-0.4, -0.2) is 19.1 Å². The molecule has 0 heterocycles. The highest BCUT2D eigenvalue weighted by molar-refractivity contribution is 5.73. The number of carbonyl (C=O) groups excluding carboxylic acids is 1. The summed E-state index contributed by atoms with van der Waals surface area (Å²) in [5.41, 5.74) is -0.409. The number of benzene rings is 1. The van der Waals surface area contributed by atoms with Crippen molar-refractivity contribution in [1.82, 2.24) is 0 Å². The van der Waals surface area contributed by atoms with E-state index in [1.807, 2.05) is 0 Å². The monoisotopic (exact) mass is 275 g/mol. The molecule has 19 heavy (non-hydrogen) atoms. The molecule has 1 N–H and O–H groups in total. The number of carbonyl (C=O) groups is 1. The molecule has 1 aromatic rings. The Labute approximate surface area is 109 Å². The van der Waals surface area contributed by atoms with Crippen LogP contribution >= 0.6 is 0 Å². The third-order valence-corrected chi connectivity index (χ3v) is 2.91. The lowest BCUT2D eigenvalue weighted by atomic mass is 10.0. The van der Waals surface area contributed by atoms with Crippen LogP contribution in [-0.2, 0) is 15.7 Å². The van der Waals surface area contributed by atoms with Gasteiger partial charge in [0.05, 0.1) is 18.6 Å². The zero-order valence-electron chi connectivity index (χ0n) is 10.9. The molecule has 0 aromatic heterocycles. The standard InChI is InChI=1S/C13H16F3NO2/c1-8(12(18)19-3)9(2)17-11-6-4-5-10(7-11)13(14,15)16/h4-9,17H,1-3H3. The molecule has 1 aromatic carbocycles. The molecule has 0 radical (unpaired) electrons. The lowest BCUT2D eigenvalue weighted by Gasteiger charge is -2.21. The predicted molar refractivity (Wildman–Crippen MR) is 65.7 cm³/mol. The molecule has 0 fully saturated rings. The van der Waals surface area contributed by atoms with Crippen LogP contribution in [0, 0.1) is 5.92 Å². The van der Waals surface area contributed by atoms with Crippen LogP contribution in [0.2, 0.25) is 0 Å². The van der Waals surface area contributed by atoms with Gasteiger partial charge in [0.1, 0.15) is 0 Å². The Morgan fingerprint density at radius 3 is 2.47 bits per heavy atom. The Morgan fingerprint density at radius 2 is 1.95 bits per heavy atom. The van der Waals surface area contributed by atoms with Gasteiger partial charge >= 0.3 is 12.1 Å². The zero-order chi connectivity index (χ0) is 14.6. The van der Waals surface area contributed by atoms with E-state index < -0.39 is 23.6 Å². The molecule has 3 nitrogen and oxygen atoms in total. The topological polar surface area (TPSA) is 38.3 Å². The van der Waals surface area contributed by atoms with Crippen LogP contribution in [0.1, 0.15) is 19.4 Å². The molecule has 2 atom stereocenters. The van der Waals surface area contributed by atoms with Gasteiger partial charge in [-0.15, -0.1) is 0 Å². The van der Waals surface area contributed by atoms with Gasteiger partial charge in [-0.1, -0.05) is 6.07 Å². The van der Waals surface area contributed by atoms with Gasteiger partial charge in [0.25, 0.3) is 0 Å². The maximum atomic E-state index is 12.5. The van der Waals surface area contributed by atoms with E-state index in [2.05, 4.69) is 10.1 Å². The van der Waals surface area contributed by atoms with Gasteiger partial charge in [0.2, 0.25) is 0 Å². The number of alkyl halides is 3. The minimum Gasteiger partial charge on any atom is -0.469 e. The van der Waals surface area contributed by atoms with Crippen molar-refractivity contribution in [3.63, 3.8) is 0 Å². The number of methoxy groups -OCH3 is 1. The zero-order valence-corrected chi connectivity index (χ0v) is 10.9. The highest BCUT2D eigenvalue weighted by Gasteiger charge is 2.30. The molecular formula is C13H16F3NO2. The summed E-state index contributed by atoms with van der Waals surface area (Å²) in [6, 6.07) is 4.52. The third kappa shape index (κ3) is 4.15. The van der Waals surface area contributed by atoms with Crippen LogP contribution in [0.15, 0.2) is 24.3 Å². The number of nitrogens with one attached hydrogen (secondary N) is 1. The first-order valence-electron chi connectivity index (χ1n) is 5.77. The average molecular weight is 275 g/mol. The van der Waals surface area contributed by atoms with Gasteiger partial charge < -0.3 is 10.1 Å². The molecule has 0 saturated heterocycles. The minimum absolute atomic E-state index is 0.318. The maximum Gasteiger partial charge on any atom is 0.416 e. The van der Waals surface area contributed by atoms with Crippen molar-refractivity contribution >= 4 is 11.7 Å². The van der Waals surface area contributed by atoms with Crippen molar-refractivity contribution in [3.8, 4) is 0 Å². The number of esters is 1. The summed E-state index contributed by atoms with van der Waals surface area (Å²) in [5, 5.41) is 2.87. The van der Waals surface area contributed by atoms with Crippen molar-refractivity contribution in [3.05, 3.63) is 29.8 Å². The van der Waals surface area contributed by atoms with Gasteiger partial charge in [0, 0.05) is 11.7 Å². The molecule has 0 aliphatic heterocycles. The van der Waals surface area contributed by atoms with Crippen molar-refractivity contribution in [1.29, 1.82) is 0 Å². The second kappa shape index (κ2) is 5.95. The average Bonchev–Trinajstić information content (AvgIpc) is 2.36. The molecule has 0 aliphatic carbocycles. The van der Waals surface area contributed by atoms with Crippen LogP contribution in [0.3, 0.4) is 0 Å². The molecule has 0 aliphatic rings. The lowest BCUT2D eigenvalue weighted by molar-refractivity contribution is -0.145. The van der Waals surface area contributed by atoms with Crippen molar-refractivity contribution < 1.29 is 22.7 Å². The van der Waals surface area contributed by atoms with E-state index in [0.717, 1.165) is 12.1 Å². The van der Waals surface area contributed by atoms with Gasteiger partial charge in [-0.3, -0.25) is 4.79 Å². The number of ether oxygens (including phenoxy) is 1. The molecule has 106 valence electrons. The number of hydrogen-bond acceptors (Lipinski definition) is 3. The highest BCUT2D eigenvalue weighted by atomic mass is 19.4. The van der Waals surface area contributed by atoms with Crippen molar-refractivity contribution in [2.24, 2.45) is 5.92 Å². The van der Waals surface area contributed by atoms with Crippen molar-refractivity contribution in [2.75, 3.05) is 12.4 Å². The Hall–Kier alpha value is -1.72. The van der Waals surface area contributed by atoms with E-state index in [0.29, 0.717) is 5.69 Å².